The summed E-state index contributed by atoms with van der Waals surface area (Å²) >= 11 is 0. The SMILES string of the molecule is CC(C)(O)C(C)(C)NC(=O)CN1CCCNCC1. The first-order chi connectivity index (χ1) is 8.22. The standard InChI is InChI=1S/C13H27N3O2/c1-12(2,13(3,4)18)15-11(17)10-16-8-5-6-14-7-9-16/h14,18H,5-10H2,1-4H3,(H,15,17). The normalized spacial score (nSPS) is 19.4. The van der Waals surface area contributed by atoms with Gasteiger partial charge in [0.1, 0.15) is 0 Å². The molecular weight excluding hydrogens is 230 g/mol. The highest BCUT2D eigenvalue weighted by Crippen LogP contribution is 2.20. The Morgan fingerprint density at radius 3 is 2.56 bits per heavy atom. The van der Waals surface area contributed by atoms with Gasteiger partial charge in [-0.2, -0.15) is 0 Å². The van der Waals surface area contributed by atoms with Crippen LogP contribution in [0.3, 0.4) is 0 Å². The van der Waals surface area contributed by atoms with Crippen molar-refractivity contribution in [2.45, 2.75) is 45.3 Å². The van der Waals surface area contributed by atoms with Gasteiger partial charge in [-0.15, -0.1) is 0 Å². The van der Waals surface area contributed by atoms with E-state index in [4.69, 9.17) is 0 Å². The molecule has 0 aromatic heterocycles. The van der Waals surface area contributed by atoms with E-state index in [1.54, 1.807) is 13.8 Å². The molecule has 1 amide bonds. The van der Waals surface area contributed by atoms with Crippen molar-refractivity contribution in [3.8, 4) is 0 Å². The van der Waals surface area contributed by atoms with Crippen molar-refractivity contribution in [1.29, 1.82) is 0 Å². The van der Waals surface area contributed by atoms with Crippen LogP contribution in [0.4, 0.5) is 0 Å². The van der Waals surface area contributed by atoms with Gasteiger partial charge in [-0.1, -0.05) is 0 Å². The molecule has 0 bridgehead atoms. The lowest BCUT2D eigenvalue weighted by molar-refractivity contribution is -0.127. The van der Waals surface area contributed by atoms with Gasteiger partial charge in [0.2, 0.25) is 5.91 Å². The van der Waals surface area contributed by atoms with Gasteiger partial charge in [0.15, 0.2) is 0 Å². The summed E-state index contributed by atoms with van der Waals surface area (Å²) in [4.78, 5) is 14.2. The summed E-state index contributed by atoms with van der Waals surface area (Å²) in [6.07, 6.45) is 1.07. The van der Waals surface area contributed by atoms with Crippen molar-refractivity contribution in [2.24, 2.45) is 0 Å². The molecule has 0 unspecified atom stereocenters. The second kappa shape index (κ2) is 5.99. The highest BCUT2D eigenvalue weighted by molar-refractivity contribution is 5.79. The second-order valence-electron chi connectivity index (χ2n) is 6.11. The lowest BCUT2D eigenvalue weighted by Crippen LogP contribution is -2.59. The third-order valence-electron chi connectivity index (χ3n) is 3.78. The van der Waals surface area contributed by atoms with E-state index in [2.05, 4.69) is 15.5 Å². The predicted octanol–water partition coefficient (Wildman–Crippen LogP) is -0.0526. The first-order valence-corrected chi connectivity index (χ1v) is 6.69. The minimum atomic E-state index is -0.941. The summed E-state index contributed by atoms with van der Waals surface area (Å²) in [7, 11) is 0. The number of aliphatic hydroxyl groups is 1. The Morgan fingerprint density at radius 1 is 1.28 bits per heavy atom. The van der Waals surface area contributed by atoms with E-state index in [1.165, 1.54) is 0 Å². The van der Waals surface area contributed by atoms with Crippen LogP contribution in [0.2, 0.25) is 0 Å². The van der Waals surface area contributed by atoms with Gasteiger partial charge in [0.25, 0.3) is 0 Å². The third-order valence-corrected chi connectivity index (χ3v) is 3.78. The molecule has 1 fully saturated rings. The highest BCUT2D eigenvalue weighted by Gasteiger charge is 2.36. The number of nitrogens with one attached hydrogen (secondary N) is 2. The number of rotatable bonds is 4. The summed E-state index contributed by atoms with van der Waals surface area (Å²) in [5, 5.41) is 16.2. The lowest BCUT2D eigenvalue weighted by atomic mass is 9.86. The number of hydrogen-bond acceptors (Lipinski definition) is 4. The van der Waals surface area contributed by atoms with Crippen LogP contribution < -0.4 is 10.6 Å². The van der Waals surface area contributed by atoms with Crippen molar-refractivity contribution in [3.05, 3.63) is 0 Å². The van der Waals surface area contributed by atoms with Crippen molar-refractivity contribution in [3.63, 3.8) is 0 Å². The maximum absolute atomic E-state index is 12.0. The maximum Gasteiger partial charge on any atom is 0.234 e. The van der Waals surface area contributed by atoms with Crippen LogP contribution in [-0.4, -0.2) is 59.8 Å². The Balaban J connectivity index is 2.45. The molecule has 1 heterocycles. The van der Waals surface area contributed by atoms with E-state index in [0.29, 0.717) is 6.54 Å². The highest BCUT2D eigenvalue weighted by atomic mass is 16.3. The summed E-state index contributed by atoms with van der Waals surface area (Å²) < 4.78 is 0. The van der Waals surface area contributed by atoms with E-state index in [9.17, 15) is 9.90 Å². The van der Waals surface area contributed by atoms with Gasteiger partial charge in [-0.25, -0.2) is 0 Å². The summed E-state index contributed by atoms with van der Waals surface area (Å²) in [6, 6.07) is 0. The molecule has 0 aromatic carbocycles. The van der Waals surface area contributed by atoms with E-state index >= 15 is 0 Å². The van der Waals surface area contributed by atoms with Crippen molar-refractivity contribution in [2.75, 3.05) is 32.7 Å². The average Bonchev–Trinajstić information content (AvgIpc) is 2.43. The molecule has 0 spiro atoms. The smallest absolute Gasteiger partial charge is 0.234 e. The largest absolute Gasteiger partial charge is 0.388 e. The van der Waals surface area contributed by atoms with E-state index in [0.717, 1.165) is 32.6 Å². The Morgan fingerprint density at radius 2 is 1.94 bits per heavy atom. The molecule has 1 aliphatic rings. The monoisotopic (exact) mass is 257 g/mol. The summed E-state index contributed by atoms with van der Waals surface area (Å²) in [6.45, 7) is 11.3. The molecule has 3 N–H and O–H groups in total. The minimum absolute atomic E-state index is 0.0241. The first-order valence-electron chi connectivity index (χ1n) is 6.69. The number of hydrogen-bond donors (Lipinski definition) is 3. The fourth-order valence-electron chi connectivity index (χ4n) is 1.80. The zero-order valence-corrected chi connectivity index (χ0v) is 12.0. The van der Waals surface area contributed by atoms with E-state index in [-0.39, 0.29) is 5.91 Å². The molecular formula is C13H27N3O2. The fraction of sp³-hybridized carbons (Fsp3) is 0.923. The first kappa shape index (κ1) is 15.4. The Labute approximate surface area is 110 Å². The molecule has 0 saturated carbocycles. The Bertz CT molecular complexity index is 276. The van der Waals surface area contributed by atoms with Crippen LogP contribution in [0.1, 0.15) is 34.1 Å². The molecule has 5 heteroatoms. The van der Waals surface area contributed by atoms with Crippen LogP contribution in [0.15, 0.2) is 0 Å². The number of carbonyl (C=O) groups is 1. The lowest BCUT2D eigenvalue weighted by Gasteiger charge is -2.38. The molecule has 106 valence electrons. The third kappa shape index (κ3) is 4.55. The van der Waals surface area contributed by atoms with Gasteiger partial charge in [-0.3, -0.25) is 9.69 Å². The van der Waals surface area contributed by atoms with Crippen molar-refractivity contribution >= 4 is 5.91 Å². The van der Waals surface area contributed by atoms with Crippen LogP contribution in [-0.2, 0) is 4.79 Å². The number of amides is 1. The number of nitrogens with zero attached hydrogens (tertiary/aromatic N) is 1. The Kier molecular flexibility index (Phi) is 5.13. The summed E-state index contributed by atoms with van der Waals surface area (Å²) in [5.41, 5.74) is -1.57. The Hall–Kier alpha value is -0.650. The molecule has 5 nitrogen and oxygen atoms in total. The zero-order chi connectivity index (χ0) is 13.8. The van der Waals surface area contributed by atoms with Crippen LogP contribution >= 0.6 is 0 Å². The maximum atomic E-state index is 12.0. The zero-order valence-electron chi connectivity index (χ0n) is 12.0. The fourth-order valence-corrected chi connectivity index (χ4v) is 1.80. The minimum Gasteiger partial charge on any atom is -0.388 e. The molecule has 0 atom stereocenters. The predicted molar refractivity (Wildman–Crippen MR) is 72.4 cm³/mol. The van der Waals surface area contributed by atoms with Crippen molar-refractivity contribution in [1.82, 2.24) is 15.5 Å². The van der Waals surface area contributed by atoms with Crippen LogP contribution in [0.25, 0.3) is 0 Å². The van der Waals surface area contributed by atoms with Gasteiger partial charge >= 0.3 is 0 Å². The van der Waals surface area contributed by atoms with Crippen molar-refractivity contribution < 1.29 is 9.90 Å². The molecule has 1 rings (SSSR count). The molecule has 0 radical (unpaired) electrons. The molecule has 0 aliphatic carbocycles. The number of carbonyl (C=O) groups excluding carboxylic acids is 1. The van der Waals surface area contributed by atoms with Crippen LogP contribution in [0, 0.1) is 0 Å². The molecule has 1 aliphatic heterocycles. The van der Waals surface area contributed by atoms with E-state index < -0.39 is 11.1 Å². The van der Waals surface area contributed by atoms with Gasteiger partial charge in [0.05, 0.1) is 17.7 Å². The average molecular weight is 257 g/mol. The van der Waals surface area contributed by atoms with Crippen LogP contribution in [0.5, 0.6) is 0 Å². The molecule has 18 heavy (non-hydrogen) atoms. The van der Waals surface area contributed by atoms with E-state index in [1.807, 2.05) is 13.8 Å². The quantitative estimate of drug-likeness (QED) is 0.660. The summed E-state index contributed by atoms with van der Waals surface area (Å²) in [5.74, 6) is -0.0241. The van der Waals surface area contributed by atoms with Gasteiger partial charge in [0, 0.05) is 13.1 Å². The van der Waals surface area contributed by atoms with Gasteiger partial charge < -0.3 is 15.7 Å². The molecule has 1 saturated heterocycles. The second-order valence-corrected chi connectivity index (χ2v) is 6.11. The van der Waals surface area contributed by atoms with Gasteiger partial charge in [-0.05, 0) is 47.2 Å². The molecule has 0 aromatic rings. The topological polar surface area (TPSA) is 64.6 Å².